The first-order valence-corrected chi connectivity index (χ1v) is 7.84. The topological polar surface area (TPSA) is 41.6 Å². The molecule has 1 N–H and O–H groups in total. The molecule has 0 fully saturated rings. The summed E-state index contributed by atoms with van der Waals surface area (Å²) in [6.07, 6.45) is -0.546. The first kappa shape index (κ1) is 18.8. The van der Waals surface area contributed by atoms with Crippen molar-refractivity contribution < 1.29 is 9.53 Å². The van der Waals surface area contributed by atoms with Gasteiger partial charge in [0.1, 0.15) is 5.75 Å². The third-order valence-corrected chi connectivity index (χ3v) is 3.53. The lowest BCUT2D eigenvalue weighted by atomic mass is 9.93. The predicted molar refractivity (Wildman–Crippen MR) is 91.6 cm³/mol. The van der Waals surface area contributed by atoms with Crippen LogP contribution in [-0.4, -0.2) is 44.1 Å². The summed E-state index contributed by atoms with van der Waals surface area (Å²) in [5.74, 6) is 0.570. The summed E-state index contributed by atoms with van der Waals surface area (Å²) in [7, 11) is 4.05. The largest absolute Gasteiger partial charge is 0.481 e. The molecule has 0 saturated carbocycles. The lowest BCUT2D eigenvalue weighted by Gasteiger charge is -2.29. The van der Waals surface area contributed by atoms with Crippen molar-refractivity contribution in [1.29, 1.82) is 0 Å². The molecule has 1 aromatic rings. The number of rotatable bonds is 7. The minimum absolute atomic E-state index is 0.00900. The van der Waals surface area contributed by atoms with Gasteiger partial charge in [0.25, 0.3) is 5.91 Å². The van der Waals surface area contributed by atoms with Crippen molar-refractivity contribution >= 4 is 17.5 Å². The average Bonchev–Trinajstić information content (AvgIpc) is 2.37. The molecule has 0 bridgehead atoms. The Hall–Kier alpha value is -1.26. The minimum atomic E-state index is -0.546. The molecule has 0 aliphatic heterocycles. The fourth-order valence-electron chi connectivity index (χ4n) is 2.37. The number of ether oxygens (including phenoxy) is 1. The second-order valence-electron chi connectivity index (χ2n) is 6.79. The van der Waals surface area contributed by atoms with Gasteiger partial charge in [-0.3, -0.25) is 4.79 Å². The van der Waals surface area contributed by atoms with Crippen LogP contribution >= 0.6 is 11.6 Å². The lowest BCUT2D eigenvalue weighted by molar-refractivity contribution is -0.127. The normalized spacial score (nSPS) is 13.1. The summed E-state index contributed by atoms with van der Waals surface area (Å²) in [6, 6.07) is 5.37. The van der Waals surface area contributed by atoms with Crippen LogP contribution in [0, 0.1) is 12.3 Å². The van der Waals surface area contributed by atoms with Gasteiger partial charge in [0.15, 0.2) is 6.10 Å². The predicted octanol–water partition coefficient (Wildman–Crippen LogP) is 3.12. The van der Waals surface area contributed by atoms with Gasteiger partial charge < -0.3 is 15.0 Å². The molecule has 0 radical (unpaired) electrons. The first-order chi connectivity index (χ1) is 10.1. The van der Waals surface area contributed by atoms with Crippen molar-refractivity contribution in [3.8, 4) is 5.75 Å². The molecule has 1 unspecified atom stereocenters. The summed E-state index contributed by atoms with van der Waals surface area (Å²) < 4.78 is 5.73. The molecular weight excluding hydrogens is 300 g/mol. The number of hydrogen-bond acceptors (Lipinski definition) is 3. The van der Waals surface area contributed by atoms with E-state index in [0.29, 0.717) is 17.3 Å². The van der Waals surface area contributed by atoms with Crippen LogP contribution in [0.2, 0.25) is 5.02 Å². The third-order valence-electron chi connectivity index (χ3n) is 3.30. The van der Waals surface area contributed by atoms with Crippen LogP contribution in [0.3, 0.4) is 0 Å². The zero-order chi connectivity index (χ0) is 16.9. The van der Waals surface area contributed by atoms with Crippen LogP contribution in [0.15, 0.2) is 18.2 Å². The van der Waals surface area contributed by atoms with E-state index in [0.717, 1.165) is 12.1 Å². The van der Waals surface area contributed by atoms with Gasteiger partial charge in [-0.05, 0) is 57.1 Å². The van der Waals surface area contributed by atoms with Gasteiger partial charge in [0.05, 0.1) is 0 Å². The van der Waals surface area contributed by atoms with E-state index in [2.05, 4.69) is 24.1 Å². The van der Waals surface area contributed by atoms with Gasteiger partial charge in [0.2, 0.25) is 0 Å². The van der Waals surface area contributed by atoms with E-state index in [9.17, 15) is 4.79 Å². The van der Waals surface area contributed by atoms with Crippen LogP contribution < -0.4 is 10.1 Å². The quantitative estimate of drug-likeness (QED) is 0.837. The number of amides is 1. The van der Waals surface area contributed by atoms with E-state index in [-0.39, 0.29) is 11.3 Å². The Labute approximate surface area is 138 Å². The van der Waals surface area contributed by atoms with E-state index < -0.39 is 6.10 Å². The lowest BCUT2D eigenvalue weighted by Crippen LogP contribution is -2.44. The Bertz CT molecular complexity index is 515. The van der Waals surface area contributed by atoms with Gasteiger partial charge >= 0.3 is 0 Å². The van der Waals surface area contributed by atoms with E-state index in [1.165, 1.54) is 0 Å². The maximum absolute atomic E-state index is 12.2. The van der Waals surface area contributed by atoms with Gasteiger partial charge in [-0.1, -0.05) is 25.4 Å². The summed E-state index contributed by atoms with van der Waals surface area (Å²) in [6.45, 7) is 9.43. The summed E-state index contributed by atoms with van der Waals surface area (Å²) in [5.41, 5.74) is 0.926. The molecule has 1 rings (SSSR count). The number of carbonyl (C=O) groups excluding carboxylic acids is 1. The Morgan fingerprint density at radius 3 is 2.59 bits per heavy atom. The zero-order valence-corrected chi connectivity index (χ0v) is 15.1. The van der Waals surface area contributed by atoms with Gasteiger partial charge in [-0.2, -0.15) is 0 Å². The highest BCUT2D eigenvalue weighted by atomic mass is 35.5. The minimum Gasteiger partial charge on any atom is -0.481 e. The molecular formula is C17H27ClN2O2. The summed E-state index contributed by atoms with van der Waals surface area (Å²) >= 11 is 5.92. The highest BCUT2D eigenvalue weighted by Gasteiger charge is 2.22. The van der Waals surface area contributed by atoms with Gasteiger partial charge in [0, 0.05) is 18.1 Å². The highest BCUT2D eigenvalue weighted by Crippen LogP contribution is 2.23. The van der Waals surface area contributed by atoms with E-state index in [1.807, 2.05) is 27.1 Å². The van der Waals surface area contributed by atoms with Crippen molar-refractivity contribution in [1.82, 2.24) is 10.2 Å². The fraction of sp³-hybridized carbons (Fsp3) is 0.588. The van der Waals surface area contributed by atoms with Crippen LogP contribution in [-0.2, 0) is 4.79 Å². The second-order valence-corrected chi connectivity index (χ2v) is 7.23. The van der Waals surface area contributed by atoms with E-state index in [4.69, 9.17) is 16.3 Å². The van der Waals surface area contributed by atoms with Crippen LogP contribution in [0.1, 0.15) is 26.3 Å². The molecule has 0 spiro atoms. The molecule has 0 aromatic heterocycles. The second kappa shape index (κ2) is 7.84. The highest BCUT2D eigenvalue weighted by molar-refractivity contribution is 6.30. The number of carbonyl (C=O) groups is 1. The third kappa shape index (κ3) is 6.24. The van der Waals surface area contributed by atoms with Crippen LogP contribution in [0.5, 0.6) is 5.75 Å². The first-order valence-electron chi connectivity index (χ1n) is 7.46. The van der Waals surface area contributed by atoms with Crippen molar-refractivity contribution in [3.05, 3.63) is 28.8 Å². The molecule has 124 valence electrons. The molecule has 5 heteroatoms. The maximum Gasteiger partial charge on any atom is 0.260 e. The Balaban J connectivity index is 2.55. The molecule has 1 aromatic carbocycles. The average molecular weight is 327 g/mol. The molecule has 0 heterocycles. The van der Waals surface area contributed by atoms with E-state index >= 15 is 0 Å². The summed E-state index contributed by atoms with van der Waals surface area (Å²) in [5, 5.41) is 3.62. The summed E-state index contributed by atoms with van der Waals surface area (Å²) in [4.78, 5) is 14.3. The monoisotopic (exact) mass is 326 g/mol. The molecule has 0 aliphatic rings. The Morgan fingerprint density at radius 2 is 2.05 bits per heavy atom. The number of benzene rings is 1. The fourth-order valence-corrected chi connectivity index (χ4v) is 2.60. The van der Waals surface area contributed by atoms with Crippen LogP contribution in [0.25, 0.3) is 0 Å². The number of hydrogen-bond donors (Lipinski definition) is 1. The SMILES string of the molecule is Cc1cc(Cl)ccc1OC(C)C(=O)NCC(C)(C)CN(C)C. The van der Waals surface area contributed by atoms with Gasteiger partial charge in [-0.25, -0.2) is 0 Å². The van der Waals surface area contributed by atoms with E-state index in [1.54, 1.807) is 19.1 Å². The standard InChI is InChI=1S/C17H27ClN2O2/c1-12-9-14(18)7-8-15(12)22-13(2)16(21)19-10-17(3,4)11-20(5)6/h7-9,13H,10-11H2,1-6H3,(H,19,21). The van der Waals surface area contributed by atoms with Crippen molar-refractivity contribution in [2.75, 3.05) is 27.2 Å². The van der Waals surface area contributed by atoms with Crippen LogP contribution in [0.4, 0.5) is 0 Å². The van der Waals surface area contributed by atoms with Gasteiger partial charge in [-0.15, -0.1) is 0 Å². The number of aryl methyl sites for hydroxylation is 1. The molecule has 0 saturated heterocycles. The van der Waals surface area contributed by atoms with Crippen molar-refractivity contribution in [2.24, 2.45) is 5.41 Å². The molecule has 4 nitrogen and oxygen atoms in total. The number of nitrogens with one attached hydrogen (secondary N) is 1. The number of nitrogens with zero attached hydrogens (tertiary/aromatic N) is 1. The Kier molecular flexibility index (Phi) is 6.69. The van der Waals surface area contributed by atoms with Crippen molar-refractivity contribution in [3.63, 3.8) is 0 Å². The number of halogens is 1. The molecule has 0 aliphatic carbocycles. The smallest absolute Gasteiger partial charge is 0.260 e. The zero-order valence-electron chi connectivity index (χ0n) is 14.4. The maximum atomic E-state index is 12.2. The van der Waals surface area contributed by atoms with Crippen molar-refractivity contribution in [2.45, 2.75) is 33.8 Å². The molecule has 1 atom stereocenters. The Morgan fingerprint density at radius 1 is 1.41 bits per heavy atom. The molecule has 1 amide bonds. The molecule has 22 heavy (non-hydrogen) atoms.